The molecule has 12 heteroatoms. The van der Waals surface area contributed by atoms with E-state index in [-0.39, 0.29) is 24.8 Å². The number of fused-ring (bicyclic) bond motifs is 2. The van der Waals surface area contributed by atoms with Crippen molar-refractivity contribution in [1.82, 2.24) is 9.88 Å². The monoisotopic (exact) mass is 663 g/mol. The van der Waals surface area contributed by atoms with E-state index in [1.807, 2.05) is 30.3 Å². The number of halogens is 4. The Labute approximate surface area is 273 Å². The molecule has 8 nitrogen and oxygen atoms in total. The predicted octanol–water partition coefficient (Wildman–Crippen LogP) is 5.98. The number of rotatable bonds is 12. The Morgan fingerprint density at radius 1 is 0.917 bits per heavy atom. The number of carboxylic acid groups (broad SMARTS) is 1. The second-order valence-electron chi connectivity index (χ2n) is 12.4. The SMILES string of the molecule is Nc1c(C(=O)c2ccc(F)cc2F)ccc(=O)n1-c1c(F)cc(OCCCN[C@](C(=O)O)(c2ccccc2)C2CC3CCC2C3)cc1F. The van der Waals surface area contributed by atoms with Crippen molar-refractivity contribution >= 4 is 17.6 Å². The van der Waals surface area contributed by atoms with Gasteiger partial charge in [-0.25, -0.2) is 22.4 Å². The van der Waals surface area contributed by atoms with Crippen LogP contribution in [-0.4, -0.2) is 34.6 Å². The number of pyridine rings is 1. The normalized spacial score (nSPS) is 19.6. The van der Waals surface area contributed by atoms with Crippen molar-refractivity contribution in [2.75, 3.05) is 18.9 Å². The molecule has 4 aromatic rings. The van der Waals surface area contributed by atoms with Crippen molar-refractivity contribution in [3.05, 3.63) is 123 Å². The van der Waals surface area contributed by atoms with Crippen LogP contribution in [0.2, 0.25) is 0 Å². The van der Waals surface area contributed by atoms with Crippen LogP contribution in [0.15, 0.2) is 77.6 Å². The van der Waals surface area contributed by atoms with Gasteiger partial charge in [0.1, 0.15) is 34.4 Å². The molecule has 2 fully saturated rings. The zero-order chi connectivity index (χ0) is 34.2. The number of nitrogen functional groups attached to an aromatic ring is 1. The van der Waals surface area contributed by atoms with Gasteiger partial charge in [-0.1, -0.05) is 36.8 Å². The van der Waals surface area contributed by atoms with Crippen LogP contribution in [0.1, 0.15) is 53.6 Å². The molecule has 1 heterocycles. The maximum absolute atomic E-state index is 15.4. The molecule has 4 atom stereocenters. The first-order chi connectivity index (χ1) is 23.0. The average molecular weight is 664 g/mol. The van der Waals surface area contributed by atoms with Crippen LogP contribution in [0.5, 0.6) is 5.75 Å². The summed E-state index contributed by atoms with van der Waals surface area (Å²) in [5.74, 6) is -6.59. The van der Waals surface area contributed by atoms with E-state index in [9.17, 15) is 28.3 Å². The van der Waals surface area contributed by atoms with E-state index in [1.54, 1.807) is 0 Å². The number of carbonyl (C=O) groups is 2. The molecular weight excluding hydrogens is 630 g/mol. The molecule has 0 amide bonds. The number of hydrogen-bond donors (Lipinski definition) is 3. The summed E-state index contributed by atoms with van der Waals surface area (Å²) in [6.07, 6.45) is 4.28. The number of carboxylic acids is 1. The molecule has 2 bridgehead atoms. The van der Waals surface area contributed by atoms with Crippen molar-refractivity contribution in [1.29, 1.82) is 0 Å². The molecule has 0 aliphatic heterocycles. The number of ketones is 1. The van der Waals surface area contributed by atoms with Crippen LogP contribution < -0.4 is 21.3 Å². The van der Waals surface area contributed by atoms with Crippen LogP contribution >= 0.6 is 0 Å². The summed E-state index contributed by atoms with van der Waals surface area (Å²) in [5.41, 5.74) is 2.60. The van der Waals surface area contributed by atoms with Gasteiger partial charge >= 0.3 is 5.97 Å². The van der Waals surface area contributed by atoms with Crippen LogP contribution in [0.4, 0.5) is 23.4 Å². The van der Waals surface area contributed by atoms with Crippen LogP contribution in [-0.2, 0) is 10.3 Å². The van der Waals surface area contributed by atoms with Gasteiger partial charge in [0.05, 0.1) is 17.7 Å². The Morgan fingerprint density at radius 2 is 1.62 bits per heavy atom. The number of aromatic nitrogens is 1. The molecule has 6 rings (SSSR count). The molecule has 0 radical (unpaired) electrons. The highest BCUT2D eigenvalue weighted by molar-refractivity contribution is 6.11. The second kappa shape index (κ2) is 13.3. The minimum Gasteiger partial charge on any atom is -0.493 e. The molecule has 3 unspecified atom stereocenters. The van der Waals surface area contributed by atoms with Gasteiger partial charge in [-0.3, -0.25) is 19.5 Å². The Morgan fingerprint density at radius 3 is 2.25 bits per heavy atom. The summed E-state index contributed by atoms with van der Waals surface area (Å²) in [6, 6.07) is 14.9. The molecule has 0 spiro atoms. The van der Waals surface area contributed by atoms with Crippen molar-refractivity contribution in [3.63, 3.8) is 0 Å². The lowest BCUT2D eigenvalue weighted by molar-refractivity contribution is -0.149. The van der Waals surface area contributed by atoms with Gasteiger partial charge in [-0.05, 0) is 73.7 Å². The molecule has 1 aromatic heterocycles. The van der Waals surface area contributed by atoms with Crippen LogP contribution in [0.3, 0.4) is 0 Å². The lowest BCUT2D eigenvalue weighted by Crippen LogP contribution is -2.56. The first-order valence-corrected chi connectivity index (χ1v) is 15.7. The number of nitrogens with zero attached hydrogens (tertiary/aromatic N) is 1. The Kier molecular flexibility index (Phi) is 9.11. The summed E-state index contributed by atoms with van der Waals surface area (Å²) in [5, 5.41) is 13.9. The summed E-state index contributed by atoms with van der Waals surface area (Å²) in [4.78, 5) is 38.6. The highest BCUT2D eigenvalue weighted by Crippen LogP contribution is 2.54. The third kappa shape index (κ3) is 5.96. The third-order valence-corrected chi connectivity index (χ3v) is 9.62. The first-order valence-electron chi connectivity index (χ1n) is 15.7. The van der Waals surface area contributed by atoms with Gasteiger partial charge in [0.25, 0.3) is 5.56 Å². The number of hydrogen-bond acceptors (Lipinski definition) is 6. The molecular formula is C36H33F4N3O5. The summed E-state index contributed by atoms with van der Waals surface area (Å²) >= 11 is 0. The number of aliphatic carboxylic acids is 1. The predicted molar refractivity (Wildman–Crippen MR) is 169 cm³/mol. The van der Waals surface area contributed by atoms with E-state index in [4.69, 9.17) is 10.5 Å². The number of anilines is 1. The third-order valence-electron chi connectivity index (χ3n) is 9.62. The number of benzene rings is 3. The Balaban J connectivity index is 1.17. The average Bonchev–Trinajstić information content (AvgIpc) is 3.69. The molecule has 48 heavy (non-hydrogen) atoms. The first kappa shape index (κ1) is 33.0. The minimum atomic E-state index is -1.29. The van der Waals surface area contributed by atoms with Gasteiger partial charge in [0.2, 0.25) is 0 Å². The van der Waals surface area contributed by atoms with E-state index in [1.165, 1.54) is 0 Å². The lowest BCUT2D eigenvalue weighted by atomic mass is 9.70. The van der Waals surface area contributed by atoms with E-state index in [0.717, 1.165) is 62.1 Å². The minimum absolute atomic E-state index is 0.0122. The Hall–Kier alpha value is -4.97. The summed E-state index contributed by atoms with van der Waals surface area (Å²) in [7, 11) is 0. The van der Waals surface area contributed by atoms with Crippen molar-refractivity contribution in [2.24, 2.45) is 17.8 Å². The highest BCUT2D eigenvalue weighted by Gasteiger charge is 2.55. The largest absolute Gasteiger partial charge is 0.493 e. The fourth-order valence-corrected chi connectivity index (χ4v) is 7.46. The smallest absolute Gasteiger partial charge is 0.328 e. The summed E-state index contributed by atoms with van der Waals surface area (Å²) in [6.45, 7) is 0.237. The number of nitrogens with two attached hydrogens (primary N) is 1. The molecule has 4 N–H and O–H groups in total. The van der Waals surface area contributed by atoms with Crippen molar-refractivity contribution in [3.8, 4) is 11.4 Å². The number of nitrogens with one attached hydrogen (secondary N) is 1. The highest BCUT2D eigenvalue weighted by atomic mass is 19.1. The second-order valence-corrected chi connectivity index (χ2v) is 12.4. The number of carbonyl (C=O) groups excluding carboxylic acids is 1. The molecule has 250 valence electrons. The topological polar surface area (TPSA) is 124 Å². The number of ether oxygens (including phenoxy) is 1. The van der Waals surface area contributed by atoms with Crippen LogP contribution in [0, 0.1) is 41.0 Å². The van der Waals surface area contributed by atoms with Gasteiger partial charge in [-0.2, -0.15) is 0 Å². The van der Waals surface area contributed by atoms with Crippen molar-refractivity contribution in [2.45, 2.75) is 37.6 Å². The lowest BCUT2D eigenvalue weighted by Gasteiger charge is -2.41. The van der Waals surface area contributed by atoms with Gasteiger partial charge < -0.3 is 15.6 Å². The Bertz CT molecular complexity index is 1910. The van der Waals surface area contributed by atoms with E-state index >= 15 is 8.78 Å². The zero-order valence-electron chi connectivity index (χ0n) is 25.7. The molecule has 2 aliphatic rings. The zero-order valence-corrected chi connectivity index (χ0v) is 25.7. The summed E-state index contributed by atoms with van der Waals surface area (Å²) < 4.78 is 64.5. The standard InChI is InChI=1S/C36H33F4N3O5/c37-23-9-10-25(28(38)17-23)33(45)26-11-12-31(44)43(34(26)41)32-29(39)18-24(19-30(32)40)48-14-4-13-42-36(35(46)47,22-5-2-1-3-6-22)27-16-20-7-8-21(27)15-20/h1-3,5-6,9-12,17-21,27,42H,4,7-8,13-16,41H2,(H,46,47)/t20?,21?,27?,36-/m1/s1. The van der Waals surface area contributed by atoms with Crippen LogP contribution in [0.25, 0.3) is 5.69 Å². The molecule has 0 saturated heterocycles. The van der Waals surface area contributed by atoms with E-state index in [0.29, 0.717) is 34.5 Å². The maximum Gasteiger partial charge on any atom is 0.328 e. The van der Waals surface area contributed by atoms with Crippen molar-refractivity contribution < 1.29 is 37.0 Å². The van der Waals surface area contributed by atoms with Gasteiger partial charge in [0.15, 0.2) is 17.4 Å². The maximum atomic E-state index is 15.4. The fourth-order valence-electron chi connectivity index (χ4n) is 7.46. The molecule has 2 aliphatic carbocycles. The fraction of sp³-hybridized carbons (Fsp3) is 0.306. The van der Waals surface area contributed by atoms with E-state index in [2.05, 4.69) is 5.32 Å². The van der Waals surface area contributed by atoms with Gasteiger partial charge in [0, 0.05) is 24.3 Å². The quantitative estimate of drug-likeness (QED) is 0.0968. The molecule has 2 saturated carbocycles. The molecule has 3 aromatic carbocycles. The van der Waals surface area contributed by atoms with E-state index < -0.39 is 68.8 Å². The van der Waals surface area contributed by atoms with Gasteiger partial charge in [-0.15, -0.1) is 0 Å².